The van der Waals surface area contributed by atoms with Crippen molar-refractivity contribution in [3.8, 4) is 0 Å². The van der Waals surface area contributed by atoms with E-state index in [0.717, 1.165) is 12.8 Å². The zero-order chi connectivity index (χ0) is 14.6. The van der Waals surface area contributed by atoms with Gasteiger partial charge in [0.25, 0.3) is 0 Å². The lowest BCUT2D eigenvalue weighted by molar-refractivity contribution is 0.00133. The molecule has 0 radical (unpaired) electrons. The Labute approximate surface area is 124 Å². The Kier molecular flexibility index (Phi) is 5.46. The minimum atomic E-state index is -0.0557. The molecule has 20 heavy (non-hydrogen) atoms. The van der Waals surface area contributed by atoms with Crippen molar-refractivity contribution in [2.75, 3.05) is 20.2 Å². The fourth-order valence-electron chi connectivity index (χ4n) is 4.14. The first-order chi connectivity index (χ1) is 9.54. The molecule has 4 heteroatoms. The molecule has 0 aromatic rings. The lowest BCUT2D eigenvalue weighted by atomic mass is 9.82. The van der Waals surface area contributed by atoms with Crippen LogP contribution in [0.4, 0.5) is 0 Å². The van der Waals surface area contributed by atoms with Crippen LogP contribution >= 0.6 is 0 Å². The first kappa shape index (κ1) is 16.2. The molecule has 1 aliphatic carbocycles. The minimum Gasteiger partial charge on any atom is -0.379 e. The molecule has 0 bridgehead atoms. The number of nitrogens with zero attached hydrogens (tertiary/aromatic N) is 1. The molecule has 2 rings (SSSR count). The summed E-state index contributed by atoms with van der Waals surface area (Å²) in [5.41, 5.74) is 3.41. The Hall–Kier alpha value is -0.160. The summed E-state index contributed by atoms with van der Waals surface area (Å²) >= 11 is 0. The molecule has 2 aliphatic rings. The lowest BCUT2D eigenvalue weighted by Crippen LogP contribution is -2.61. The highest BCUT2D eigenvalue weighted by Crippen LogP contribution is 2.41. The van der Waals surface area contributed by atoms with Crippen molar-refractivity contribution in [2.24, 2.45) is 5.84 Å². The number of hydrazine groups is 1. The van der Waals surface area contributed by atoms with Crippen molar-refractivity contribution in [1.82, 2.24) is 10.3 Å². The predicted octanol–water partition coefficient (Wildman–Crippen LogP) is 2.43. The molecule has 4 nitrogen and oxygen atoms in total. The van der Waals surface area contributed by atoms with Crippen LogP contribution in [0.3, 0.4) is 0 Å². The molecule has 1 unspecified atom stereocenters. The highest BCUT2D eigenvalue weighted by molar-refractivity contribution is 5.04. The van der Waals surface area contributed by atoms with Gasteiger partial charge in [-0.1, -0.05) is 12.8 Å². The number of ether oxygens (including phenoxy) is 1. The Morgan fingerprint density at radius 3 is 2.30 bits per heavy atom. The van der Waals surface area contributed by atoms with Gasteiger partial charge in [-0.3, -0.25) is 16.2 Å². The molecule has 1 atom stereocenters. The van der Waals surface area contributed by atoms with Gasteiger partial charge in [-0.15, -0.1) is 0 Å². The number of hydrogen-bond donors (Lipinski definition) is 2. The van der Waals surface area contributed by atoms with E-state index in [1.807, 2.05) is 0 Å². The van der Waals surface area contributed by atoms with Gasteiger partial charge in [0.1, 0.15) is 0 Å². The average molecular weight is 283 g/mol. The largest absolute Gasteiger partial charge is 0.379 e. The van der Waals surface area contributed by atoms with Crippen LogP contribution in [-0.2, 0) is 4.74 Å². The number of likely N-dealkylation sites (tertiary alicyclic amines) is 1. The smallest absolute Gasteiger partial charge is 0.0623 e. The highest BCUT2D eigenvalue weighted by Gasteiger charge is 2.46. The highest BCUT2D eigenvalue weighted by atomic mass is 16.5. The van der Waals surface area contributed by atoms with Crippen LogP contribution in [-0.4, -0.2) is 42.3 Å². The normalized spacial score (nSPS) is 25.2. The van der Waals surface area contributed by atoms with Gasteiger partial charge in [-0.2, -0.15) is 0 Å². The number of hydrogen-bond acceptors (Lipinski definition) is 4. The molecule has 1 heterocycles. The molecule has 1 aliphatic heterocycles. The molecule has 3 N–H and O–H groups in total. The van der Waals surface area contributed by atoms with E-state index >= 15 is 0 Å². The fraction of sp³-hybridized carbons (Fsp3) is 1.00. The summed E-state index contributed by atoms with van der Waals surface area (Å²) in [7, 11) is 1.80. The molecule has 0 amide bonds. The minimum absolute atomic E-state index is 0.0557. The summed E-state index contributed by atoms with van der Waals surface area (Å²) in [5.74, 6) is 5.96. The summed E-state index contributed by atoms with van der Waals surface area (Å²) in [5, 5.41) is 0. The summed E-state index contributed by atoms with van der Waals surface area (Å²) in [4.78, 5) is 2.73. The third kappa shape index (κ3) is 3.35. The maximum absolute atomic E-state index is 5.96. The van der Waals surface area contributed by atoms with Gasteiger partial charge in [0.15, 0.2) is 0 Å². The SMILES string of the molecule is COC(C)(C)CCC(NN)C1(N2CCCC2)CCCC1. The van der Waals surface area contributed by atoms with Crippen LogP contribution < -0.4 is 11.3 Å². The Morgan fingerprint density at radius 2 is 1.80 bits per heavy atom. The summed E-state index contributed by atoms with van der Waals surface area (Å²) in [6.45, 7) is 6.84. The molecule has 1 saturated heterocycles. The van der Waals surface area contributed by atoms with E-state index in [-0.39, 0.29) is 5.60 Å². The second-order valence-corrected chi connectivity index (χ2v) is 7.23. The van der Waals surface area contributed by atoms with Crippen molar-refractivity contribution >= 4 is 0 Å². The van der Waals surface area contributed by atoms with E-state index in [1.165, 1.54) is 51.6 Å². The van der Waals surface area contributed by atoms with E-state index < -0.39 is 0 Å². The monoisotopic (exact) mass is 283 g/mol. The van der Waals surface area contributed by atoms with Crippen molar-refractivity contribution in [3.05, 3.63) is 0 Å². The topological polar surface area (TPSA) is 50.5 Å². The number of methoxy groups -OCH3 is 1. The summed E-state index contributed by atoms with van der Waals surface area (Å²) in [6, 6.07) is 0.387. The van der Waals surface area contributed by atoms with E-state index in [4.69, 9.17) is 10.6 Å². The first-order valence-electron chi connectivity index (χ1n) is 8.30. The van der Waals surface area contributed by atoms with E-state index in [1.54, 1.807) is 7.11 Å². The van der Waals surface area contributed by atoms with E-state index in [9.17, 15) is 0 Å². The van der Waals surface area contributed by atoms with Crippen molar-refractivity contribution in [3.63, 3.8) is 0 Å². The molecule has 0 aromatic carbocycles. The van der Waals surface area contributed by atoms with Gasteiger partial charge in [-0.25, -0.2) is 0 Å². The number of nitrogens with two attached hydrogens (primary N) is 1. The van der Waals surface area contributed by atoms with E-state index in [2.05, 4.69) is 24.2 Å². The molecule has 2 fully saturated rings. The Balaban J connectivity index is 2.05. The van der Waals surface area contributed by atoms with E-state index in [0.29, 0.717) is 11.6 Å². The van der Waals surface area contributed by atoms with Crippen LogP contribution in [0.1, 0.15) is 65.2 Å². The zero-order valence-corrected chi connectivity index (χ0v) is 13.6. The number of nitrogens with one attached hydrogen (secondary N) is 1. The lowest BCUT2D eigenvalue weighted by Gasteiger charge is -2.45. The summed E-state index contributed by atoms with van der Waals surface area (Å²) < 4.78 is 5.57. The molecule has 0 aromatic heterocycles. The summed E-state index contributed by atoms with van der Waals surface area (Å²) in [6.07, 6.45) is 10.1. The third-order valence-corrected chi connectivity index (χ3v) is 5.64. The quantitative estimate of drug-likeness (QED) is 0.556. The van der Waals surface area contributed by atoms with Crippen LogP contribution in [0.2, 0.25) is 0 Å². The van der Waals surface area contributed by atoms with Crippen LogP contribution in [0.15, 0.2) is 0 Å². The standard InChI is InChI=1S/C16H33N3O/c1-15(2,20-3)11-8-14(18-17)16(9-4-5-10-16)19-12-6-7-13-19/h14,18H,4-13,17H2,1-3H3. The van der Waals surface area contributed by atoms with Crippen LogP contribution in [0, 0.1) is 0 Å². The first-order valence-corrected chi connectivity index (χ1v) is 8.30. The van der Waals surface area contributed by atoms with Crippen molar-refractivity contribution < 1.29 is 4.74 Å². The second kappa shape index (κ2) is 6.73. The van der Waals surface area contributed by atoms with Crippen LogP contribution in [0.25, 0.3) is 0 Å². The fourth-order valence-corrected chi connectivity index (χ4v) is 4.14. The van der Waals surface area contributed by atoms with Gasteiger partial charge in [-0.05, 0) is 65.5 Å². The Morgan fingerprint density at radius 1 is 1.20 bits per heavy atom. The Bertz CT molecular complexity index is 294. The molecule has 1 saturated carbocycles. The van der Waals surface area contributed by atoms with Crippen molar-refractivity contribution in [2.45, 2.75) is 82.4 Å². The van der Waals surface area contributed by atoms with Crippen molar-refractivity contribution in [1.29, 1.82) is 0 Å². The van der Waals surface area contributed by atoms with Gasteiger partial charge in [0.05, 0.1) is 5.60 Å². The van der Waals surface area contributed by atoms with Gasteiger partial charge < -0.3 is 4.74 Å². The maximum Gasteiger partial charge on any atom is 0.0623 e. The molecule has 118 valence electrons. The van der Waals surface area contributed by atoms with Crippen LogP contribution in [0.5, 0.6) is 0 Å². The average Bonchev–Trinajstić information content (AvgIpc) is 3.11. The molecular formula is C16H33N3O. The molecular weight excluding hydrogens is 250 g/mol. The number of rotatable bonds is 7. The van der Waals surface area contributed by atoms with Gasteiger partial charge in [0.2, 0.25) is 0 Å². The zero-order valence-electron chi connectivity index (χ0n) is 13.6. The van der Waals surface area contributed by atoms with Gasteiger partial charge in [0, 0.05) is 18.7 Å². The molecule has 0 spiro atoms. The van der Waals surface area contributed by atoms with Gasteiger partial charge >= 0.3 is 0 Å². The third-order valence-electron chi connectivity index (χ3n) is 5.64. The maximum atomic E-state index is 5.96. The second-order valence-electron chi connectivity index (χ2n) is 7.23. The predicted molar refractivity (Wildman–Crippen MR) is 83.4 cm³/mol.